The van der Waals surface area contributed by atoms with Crippen LogP contribution in [0.2, 0.25) is 0 Å². The molecule has 7 heteroatoms. The van der Waals surface area contributed by atoms with E-state index in [0.717, 1.165) is 12.8 Å². The van der Waals surface area contributed by atoms with Gasteiger partial charge in [-0.25, -0.2) is 4.98 Å². The summed E-state index contributed by atoms with van der Waals surface area (Å²) in [5.41, 5.74) is 5.48. The highest BCUT2D eigenvalue weighted by atomic mass is 16.6. The van der Waals surface area contributed by atoms with E-state index in [1.807, 2.05) is 6.92 Å². The molecule has 0 unspecified atom stereocenters. The van der Waals surface area contributed by atoms with Crippen LogP contribution in [0.5, 0.6) is 0 Å². The van der Waals surface area contributed by atoms with Gasteiger partial charge in [0.25, 0.3) is 0 Å². The van der Waals surface area contributed by atoms with Crippen molar-refractivity contribution in [1.82, 2.24) is 4.98 Å². The zero-order chi connectivity index (χ0) is 13.5. The first-order chi connectivity index (χ1) is 8.60. The highest BCUT2D eigenvalue weighted by Gasteiger charge is 2.20. The molecular formula is C11H18N4O3. The Bertz CT molecular complexity index is 411. The van der Waals surface area contributed by atoms with Crippen molar-refractivity contribution in [1.29, 1.82) is 0 Å². The predicted molar refractivity (Wildman–Crippen MR) is 69.5 cm³/mol. The summed E-state index contributed by atoms with van der Waals surface area (Å²) >= 11 is 0. The molecule has 0 bridgehead atoms. The third-order valence-electron chi connectivity index (χ3n) is 2.52. The summed E-state index contributed by atoms with van der Waals surface area (Å²) in [5.74, 6) is 0.456. The highest BCUT2D eigenvalue weighted by Crippen LogP contribution is 2.26. The Morgan fingerprint density at radius 1 is 1.50 bits per heavy atom. The van der Waals surface area contributed by atoms with E-state index in [2.05, 4.69) is 4.98 Å². The van der Waals surface area contributed by atoms with Gasteiger partial charge < -0.3 is 15.7 Å². The first kappa shape index (κ1) is 14.2. The van der Waals surface area contributed by atoms with E-state index < -0.39 is 4.92 Å². The molecule has 0 fully saturated rings. The van der Waals surface area contributed by atoms with Crippen LogP contribution in [-0.4, -0.2) is 34.7 Å². The first-order valence-corrected chi connectivity index (χ1v) is 5.86. The number of aliphatic hydroxyl groups excluding tert-OH is 1. The average Bonchev–Trinajstić information content (AvgIpc) is 2.34. The smallest absolute Gasteiger partial charge is 0.311 e. The number of nitrogens with zero attached hydrogens (tertiary/aromatic N) is 3. The fraction of sp³-hybridized carbons (Fsp3) is 0.545. The minimum atomic E-state index is -0.488. The molecule has 0 spiro atoms. The molecule has 100 valence electrons. The van der Waals surface area contributed by atoms with Crippen molar-refractivity contribution in [2.24, 2.45) is 0 Å². The van der Waals surface area contributed by atoms with Crippen LogP contribution in [0.4, 0.5) is 17.3 Å². The molecule has 18 heavy (non-hydrogen) atoms. The minimum absolute atomic E-state index is 0.0860. The third kappa shape index (κ3) is 3.56. The second-order valence-electron chi connectivity index (χ2n) is 3.90. The summed E-state index contributed by atoms with van der Waals surface area (Å²) in [7, 11) is 0. The lowest BCUT2D eigenvalue weighted by molar-refractivity contribution is -0.384. The van der Waals surface area contributed by atoms with Gasteiger partial charge in [-0.2, -0.15) is 0 Å². The summed E-state index contributed by atoms with van der Waals surface area (Å²) in [6.45, 7) is 2.85. The molecular weight excluding hydrogens is 236 g/mol. The zero-order valence-corrected chi connectivity index (χ0v) is 10.4. The monoisotopic (exact) mass is 254 g/mol. The van der Waals surface area contributed by atoms with Gasteiger partial charge in [0.05, 0.1) is 11.5 Å². The lowest BCUT2D eigenvalue weighted by Crippen LogP contribution is -2.29. The normalized spacial score (nSPS) is 10.3. The van der Waals surface area contributed by atoms with Crippen LogP contribution < -0.4 is 10.6 Å². The van der Waals surface area contributed by atoms with Gasteiger partial charge in [0.15, 0.2) is 0 Å². The van der Waals surface area contributed by atoms with Gasteiger partial charge in [-0.1, -0.05) is 13.3 Å². The maximum Gasteiger partial charge on any atom is 0.311 e. The molecule has 0 aliphatic heterocycles. The van der Waals surface area contributed by atoms with Crippen molar-refractivity contribution in [3.63, 3.8) is 0 Å². The number of nitrogens with two attached hydrogens (primary N) is 1. The van der Waals surface area contributed by atoms with E-state index in [0.29, 0.717) is 13.1 Å². The summed E-state index contributed by atoms with van der Waals surface area (Å²) in [4.78, 5) is 16.2. The van der Waals surface area contributed by atoms with Crippen molar-refractivity contribution >= 4 is 17.3 Å². The number of aliphatic hydroxyl groups is 1. The first-order valence-electron chi connectivity index (χ1n) is 5.86. The maximum absolute atomic E-state index is 11.0. The molecule has 0 saturated carbocycles. The average molecular weight is 254 g/mol. The second kappa shape index (κ2) is 6.75. The van der Waals surface area contributed by atoms with Crippen LogP contribution in [0.15, 0.2) is 12.1 Å². The van der Waals surface area contributed by atoms with Gasteiger partial charge in [-0.15, -0.1) is 0 Å². The molecule has 0 saturated heterocycles. The molecule has 1 heterocycles. The molecule has 3 N–H and O–H groups in total. The Morgan fingerprint density at radius 2 is 2.22 bits per heavy atom. The summed E-state index contributed by atoms with van der Waals surface area (Å²) in [5, 5.41) is 20.0. The van der Waals surface area contributed by atoms with E-state index in [1.54, 1.807) is 4.90 Å². The standard InChI is InChI=1S/C11H18N4O3/c1-2-3-6-14(7-8-16)11-9(15(17)18)4-5-10(12)13-11/h4-5,16H,2-3,6-8H2,1H3,(H2,12,13). The van der Waals surface area contributed by atoms with Gasteiger partial charge in [0.2, 0.25) is 5.82 Å². The van der Waals surface area contributed by atoms with Crippen LogP contribution in [0.25, 0.3) is 0 Å². The van der Waals surface area contributed by atoms with Crippen molar-refractivity contribution in [3.05, 3.63) is 22.2 Å². The van der Waals surface area contributed by atoms with Gasteiger partial charge >= 0.3 is 5.69 Å². The molecule has 1 aromatic rings. The summed E-state index contributed by atoms with van der Waals surface area (Å²) < 4.78 is 0. The van der Waals surface area contributed by atoms with E-state index in [-0.39, 0.29) is 23.9 Å². The number of rotatable bonds is 7. The Morgan fingerprint density at radius 3 is 2.78 bits per heavy atom. The number of unbranched alkanes of at least 4 members (excludes halogenated alkanes) is 1. The van der Waals surface area contributed by atoms with Crippen LogP contribution in [-0.2, 0) is 0 Å². The Kier molecular flexibility index (Phi) is 5.31. The lowest BCUT2D eigenvalue weighted by atomic mass is 10.3. The second-order valence-corrected chi connectivity index (χ2v) is 3.90. The number of hydrogen-bond donors (Lipinski definition) is 2. The number of pyridine rings is 1. The molecule has 0 aromatic carbocycles. The molecule has 7 nitrogen and oxygen atoms in total. The SMILES string of the molecule is CCCCN(CCO)c1nc(N)ccc1[N+](=O)[O-]. The summed E-state index contributed by atoms with van der Waals surface area (Å²) in [6, 6.07) is 2.74. The van der Waals surface area contributed by atoms with Gasteiger partial charge in [-0.05, 0) is 12.5 Å². The summed E-state index contributed by atoms with van der Waals surface area (Å²) in [6.07, 6.45) is 1.83. The van der Waals surface area contributed by atoms with Crippen LogP contribution in [0.1, 0.15) is 19.8 Å². The number of hydrogen-bond acceptors (Lipinski definition) is 6. The maximum atomic E-state index is 11.0. The number of aromatic nitrogens is 1. The molecule has 1 rings (SSSR count). The van der Waals surface area contributed by atoms with Crippen molar-refractivity contribution in [2.75, 3.05) is 30.3 Å². The third-order valence-corrected chi connectivity index (χ3v) is 2.52. The Labute approximate surface area is 105 Å². The van der Waals surface area contributed by atoms with Gasteiger partial charge in [-0.3, -0.25) is 10.1 Å². The van der Waals surface area contributed by atoms with E-state index in [4.69, 9.17) is 10.8 Å². The zero-order valence-electron chi connectivity index (χ0n) is 10.4. The Hall–Kier alpha value is -1.89. The van der Waals surface area contributed by atoms with Crippen molar-refractivity contribution < 1.29 is 10.0 Å². The topological polar surface area (TPSA) is 106 Å². The van der Waals surface area contributed by atoms with Crippen molar-refractivity contribution in [3.8, 4) is 0 Å². The van der Waals surface area contributed by atoms with E-state index >= 15 is 0 Å². The minimum Gasteiger partial charge on any atom is -0.395 e. The molecule has 0 atom stereocenters. The van der Waals surface area contributed by atoms with Gasteiger partial charge in [0, 0.05) is 19.2 Å². The van der Waals surface area contributed by atoms with Crippen LogP contribution in [0, 0.1) is 10.1 Å². The molecule has 0 aliphatic carbocycles. The number of nitrogen functional groups attached to an aromatic ring is 1. The molecule has 0 amide bonds. The molecule has 0 aliphatic rings. The largest absolute Gasteiger partial charge is 0.395 e. The molecule has 0 radical (unpaired) electrons. The quantitative estimate of drug-likeness (QED) is 0.559. The van der Waals surface area contributed by atoms with E-state index in [9.17, 15) is 10.1 Å². The Balaban J connectivity index is 3.07. The van der Waals surface area contributed by atoms with Crippen LogP contribution >= 0.6 is 0 Å². The fourth-order valence-corrected chi connectivity index (χ4v) is 1.62. The lowest BCUT2D eigenvalue weighted by Gasteiger charge is -2.22. The van der Waals surface area contributed by atoms with Crippen molar-refractivity contribution in [2.45, 2.75) is 19.8 Å². The highest BCUT2D eigenvalue weighted by molar-refractivity contribution is 5.60. The predicted octanol–water partition coefficient (Wildman–Crippen LogP) is 1.17. The van der Waals surface area contributed by atoms with E-state index in [1.165, 1.54) is 12.1 Å². The molecule has 1 aromatic heterocycles. The number of nitro groups is 1. The number of anilines is 2. The fourth-order valence-electron chi connectivity index (χ4n) is 1.62. The van der Waals surface area contributed by atoms with Gasteiger partial charge in [0.1, 0.15) is 5.82 Å². The van der Waals surface area contributed by atoms with Crippen LogP contribution in [0.3, 0.4) is 0 Å².